The average Bonchev–Trinajstić information content (AvgIpc) is 3.35. The monoisotopic (exact) mass is 526 g/mol. The van der Waals surface area contributed by atoms with Gasteiger partial charge in [0.1, 0.15) is 11.6 Å². The molecule has 37 heavy (non-hydrogen) atoms. The molecule has 3 N–H and O–H groups in total. The van der Waals surface area contributed by atoms with Crippen molar-refractivity contribution in [3.05, 3.63) is 64.8 Å². The smallest absolute Gasteiger partial charge is 0.254 e. The van der Waals surface area contributed by atoms with Crippen LogP contribution in [-0.2, 0) is 0 Å². The Balaban J connectivity index is 1.50. The Morgan fingerprint density at radius 1 is 1.30 bits per heavy atom. The van der Waals surface area contributed by atoms with Crippen LogP contribution in [-0.4, -0.2) is 63.1 Å². The molecule has 0 aliphatic carbocycles. The third-order valence-corrected chi connectivity index (χ3v) is 6.78. The number of likely N-dealkylation sites (tertiary alicyclic amines) is 1. The molecule has 1 aliphatic heterocycles. The second-order valence-electron chi connectivity index (χ2n) is 9.45. The highest BCUT2D eigenvalue weighted by Gasteiger charge is 2.23. The summed E-state index contributed by atoms with van der Waals surface area (Å²) in [5.41, 5.74) is 1.92. The van der Waals surface area contributed by atoms with Crippen LogP contribution in [0.15, 0.2) is 42.9 Å². The van der Waals surface area contributed by atoms with E-state index in [4.69, 9.17) is 11.6 Å². The highest BCUT2D eigenvalue weighted by Crippen LogP contribution is 2.30. The van der Waals surface area contributed by atoms with Gasteiger partial charge in [0.15, 0.2) is 5.82 Å². The molecule has 0 spiro atoms. The number of carbonyl (C=O) groups excluding carboxylic acids is 1. The van der Waals surface area contributed by atoms with Gasteiger partial charge in [-0.05, 0) is 56.0 Å². The maximum absolute atomic E-state index is 14.5. The Kier molecular flexibility index (Phi) is 9.02. The molecule has 1 saturated heterocycles. The summed E-state index contributed by atoms with van der Waals surface area (Å²) in [5, 5.41) is 16.1. The quantitative estimate of drug-likeness (QED) is 0.327. The second-order valence-corrected chi connectivity index (χ2v) is 9.88. The number of amides is 1. The number of hydrogen-bond donors (Lipinski definition) is 3. The number of aliphatic hydroxyl groups excluding tert-OH is 1. The third-order valence-electron chi connectivity index (χ3n) is 6.54. The number of halogens is 2. The van der Waals surface area contributed by atoms with Crippen LogP contribution >= 0.6 is 11.6 Å². The minimum atomic E-state index is -0.476. The Bertz CT molecular complexity index is 1240. The zero-order valence-electron chi connectivity index (χ0n) is 21.0. The third kappa shape index (κ3) is 6.60. The van der Waals surface area contributed by atoms with Crippen LogP contribution in [0.1, 0.15) is 54.9 Å². The van der Waals surface area contributed by atoms with Crippen molar-refractivity contribution < 1.29 is 14.3 Å². The van der Waals surface area contributed by atoms with Crippen molar-refractivity contribution in [1.82, 2.24) is 25.2 Å². The van der Waals surface area contributed by atoms with Crippen LogP contribution in [0.4, 0.5) is 15.9 Å². The zero-order valence-corrected chi connectivity index (χ0v) is 21.8. The molecule has 2 aromatic heterocycles. The molecule has 0 radical (unpaired) electrons. The van der Waals surface area contributed by atoms with Crippen LogP contribution < -0.4 is 10.6 Å². The minimum absolute atomic E-state index is 0.0770. The van der Waals surface area contributed by atoms with E-state index >= 15 is 0 Å². The molecule has 3 heterocycles. The van der Waals surface area contributed by atoms with E-state index in [1.807, 2.05) is 13.8 Å². The van der Waals surface area contributed by atoms with E-state index in [-0.39, 0.29) is 35.9 Å². The van der Waals surface area contributed by atoms with Gasteiger partial charge in [-0.25, -0.2) is 14.4 Å². The lowest BCUT2D eigenvalue weighted by molar-refractivity contribution is 0.0950. The number of nitrogens with zero attached hydrogens (tertiary/aromatic N) is 4. The average molecular weight is 527 g/mol. The largest absolute Gasteiger partial charge is 0.395 e. The van der Waals surface area contributed by atoms with Crippen molar-refractivity contribution in [3.63, 3.8) is 0 Å². The van der Waals surface area contributed by atoms with Crippen molar-refractivity contribution in [1.29, 1.82) is 0 Å². The maximum Gasteiger partial charge on any atom is 0.254 e. The van der Waals surface area contributed by atoms with Crippen LogP contribution in [0.25, 0.3) is 11.4 Å². The number of pyridine rings is 1. The molecule has 0 bridgehead atoms. The molecule has 0 unspecified atom stereocenters. The number of carbonyl (C=O) groups is 1. The van der Waals surface area contributed by atoms with Gasteiger partial charge in [-0.1, -0.05) is 25.4 Å². The first-order valence-electron chi connectivity index (χ1n) is 12.5. The van der Waals surface area contributed by atoms with Gasteiger partial charge in [0.25, 0.3) is 5.91 Å². The van der Waals surface area contributed by atoms with Gasteiger partial charge in [0, 0.05) is 48.3 Å². The van der Waals surface area contributed by atoms with E-state index in [9.17, 15) is 14.3 Å². The van der Waals surface area contributed by atoms with Crippen LogP contribution in [0.3, 0.4) is 0 Å². The molecular formula is C27H32ClFN6O2. The van der Waals surface area contributed by atoms with Gasteiger partial charge in [-0.2, -0.15) is 0 Å². The van der Waals surface area contributed by atoms with Crippen molar-refractivity contribution in [2.45, 2.75) is 45.1 Å². The zero-order chi connectivity index (χ0) is 26.4. The predicted octanol–water partition coefficient (Wildman–Crippen LogP) is 4.77. The first kappa shape index (κ1) is 26.9. The van der Waals surface area contributed by atoms with Crippen molar-refractivity contribution in [3.8, 4) is 11.4 Å². The van der Waals surface area contributed by atoms with Gasteiger partial charge in [0.2, 0.25) is 0 Å². The molecule has 8 nitrogen and oxygen atoms in total. The van der Waals surface area contributed by atoms with E-state index < -0.39 is 5.82 Å². The first-order valence-corrected chi connectivity index (χ1v) is 12.9. The standard InChI is InChI=1S/C27H32ClFN6O2/c1-17(2)21-15-32-25(20-13-18(28)6-7-23(20)29)34-26(21)33-24-8-10-30-14-22(24)27(37)31-9-4-12-35-11-3-5-19(35)16-36/h6-8,10,13-15,17,19,36H,3-5,9,11-12,16H2,1-2H3,(H,31,37)(H,30,32,33,34)/t19-/m0/s1. The van der Waals surface area contributed by atoms with Gasteiger partial charge in [-0.15, -0.1) is 0 Å². The fourth-order valence-corrected chi connectivity index (χ4v) is 4.67. The molecule has 1 aliphatic rings. The van der Waals surface area contributed by atoms with E-state index in [2.05, 4.69) is 30.5 Å². The van der Waals surface area contributed by atoms with Gasteiger partial charge in [0.05, 0.1) is 23.4 Å². The van der Waals surface area contributed by atoms with E-state index in [0.717, 1.165) is 37.9 Å². The summed E-state index contributed by atoms with van der Waals surface area (Å²) in [6, 6.07) is 6.17. The Labute approximate surface area is 221 Å². The van der Waals surface area contributed by atoms with Crippen molar-refractivity contribution in [2.24, 2.45) is 0 Å². The maximum atomic E-state index is 14.5. The van der Waals surface area contributed by atoms with Crippen LogP contribution in [0.5, 0.6) is 0 Å². The molecular weight excluding hydrogens is 495 g/mol. The number of aliphatic hydroxyl groups is 1. The van der Waals surface area contributed by atoms with E-state index in [1.165, 1.54) is 24.4 Å². The minimum Gasteiger partial charge on any atom is -0.395 e. The Morgan fingerprint density at radius 3 is 2.92 bits per heavy atom. The van der Waals surface area contributed by atoms with E-state index in [1.54, 1.807) is 18.5 Å². The van der Waals surface area contributed by atoms with Gasteiger partial charge < -0.3 is 15.7 Å². The second kappa shape index (κ2) is 12.4. The Morgan fingerprint density at radius 2 is 2.14 bits per heavy atom. The van der Waals surface area contributed by atoms with Gasteiger partial charge in [-0.3, -0.25) is 14.7 Å². The highest BCUT2D eigenvalue weighted by atomic mass is 35.5. The molecule has 0 saturated carbocycles. The normalized spacial score (nSPS) is 15.8. The molecule has 3 aromatic rings. The lowest BCUT2D eigenvalue weighted by Gasteiger charge is -2.22. The number of hydrogen-bond acceptors (Lipinski definition) is 7. The molecule has 196 valence electrons. The summed E-state index contributed by atoms with van der Waals surface area (Å²) in [5.74, 6) is 0.0137. The van der Waals surface area contributed by atoms with E-state index in [0.29, 0.717) is 28.6 Å². The number of nitrogens with one attached hydrogen (secondary N) is 2. The highest BCUT2D eigenvalue weighted by molar-refractivity contribution is 6.30. The summed E-state index contributed by atoms with van der Waals surface area (Å²) >= 11 is 6.07. The number of aromatic nitrogens is 3. The summed E-state index contributed by atoms with van der Waals surface area (Å²) in [4.78, 5) is 28.4. The molecule has 10 heteroatoms. The fourth-order valence-electron chi connectivity index (χ4n) is 4.50. The molecule has 1 aromatic carbocycles. The SMILES string of the molecule is CC(C)c1cnc(-c2cc(Cl)ccc2F)nc1Nc1ccncc1C(=O)NCCCN1CCC[C@H]1CO. The number of rotatable bonds is 10. The molecule has 1 fully saturated rings. The summed E-state index contributed by atoms with van der Waals surface area (Å²) in [6.07, 6.45) is 7.65. The lowest BCUT2D eigenvalue weighted by atomic mass is 10.1. The first-order chi connectivity index (χ1) is 17.9. The van der Waals surface area contributed by atoms with Gasteiger partial charge >= 0.3 is 0 Å². The number of benzene rings is 1. The molecule has 1 atom stereocenters. The fraction of sp³-hybridized carbons (Fsp3) is 0.407. The topological polar surface area (TPSA) is 103 Å². The summed E-state index contributed by atoms with van der Waals surface area (Å²) in [7, 11) is 0. The van der Waals surface area contributed by atoms with Crippen LogP contribution in [0, 0.1) is 5.82 Å². The predicted molar refractivity (Wildman–Crippen MR) is 143 cm³/mol. The number of anilines is 2. The summed E-state index contributed by atoms with van der Waals surface area (Å²) < 4.78 is 14.5. The summed E-state index contributed by atoms with van der Waals surface area (Å²) in [6.45, 7) is 6.49. The van der Waals surface area contributed by atoms with Crippen LogP contribution in [0.2, 0.25) is 5.02 Å². The molecule has 4 rings (SSSR count). The molecule has 1 amide bonds. The lowest BCUT2D eigenvalue weighted by Crippen LogP contribution is -2.35. The Hall–Kier alpha value is -3.14. The van der Waals surface area contributed by atoms with Crippen molar-refractivity contribution in [2.75, 3.05) is 31.6 Å². The van der Waals surface area contributed by atoms with Crippen molar-refractivity contribution >= 4 is 29.0 Å².